The fourth-order valence-electron chi connectivity index (χ4n) is 7.06. The summed E-state index contributed by atoms with van der Waals surface area (Å²) in [7, 11) is 0. The summed E-state index contributed by atoms with van der Waals surface area (Å²) in [5.41, 5.74) is 3.12. The van der Waals surface area contributed by atoms with Gasteiger partial charge >= 0.3 is 6.01 Å². The topological polar surface area (TPSA) is 74.3 Å². The SMILES string of the molecule is C=C(F)C(=O)N1CCN(c2nc(OCC3CCN3C3CCOCC3)nc3c2CCN(c2cccc4cccc(Cl)c24)C3)CC1. The predicted molar refractivity (Wildman–Crippen MR) is 169 cm³/mol. The zero-order chi connectivity index (χ0) is 30.2. The zero-order valence-corrected chi connectivity index (χ0v) is 25.6. The second-order valence-electron chi connectivity index (χ2n) is 12.1. The van der Waals surface area contributed by atoms with Crippen LogP contribution in [0, 0.1) is 0 Å². The first-order valence-electron chi connectivity index (χ1n) is 15.6. The van der Waals surface area contributed by atoms with Crippen LogP contribution in [0.4, 0.5) is 15.9 Å². The number of hydrogen-bond acceptors (Lipinski definition) is 8. The van der Waals surface area contributed by atoms with Gasteiger partial charge in [0, 0.05) is 81.2 Å². The highest BCUT2D eigenvalue weighted by Gasteiger charge is 2.36. The highest BCUT2D eigenvalue weighted by Crippen LogP contribution is 2.37. The lowest BCUT2D eigenvalue weighted by molar-refractivity contribution is -0.128. The predicted octanol–water partition coefficient (Wildman–Crippen LogP) is 4.61. The summed E-state index contributed by atoms with van der Waals surface area (Å²) in [6, 6.07) is 13.5. The average molecular weight is 621 g/mol. The maximum absolute atomic E-state index is 13.5. The number of piperazine rings is 1. The maximum atomic E-state index is 13.5. The fraction of sp³-hybridized carbons (Fsp3) is 0.485. The number of anilines is 2. The number of nitrogens with zero attached hydrogens (tertiary/aromatic N) is 6. The third-order valence-corrected chi connectivity index (χ3v) is 9.86. The Morgan fingerprint density at radius 3 is 2.50 bits per heavy atom. The molecule has 1 unspecified atom stereocenters. The summed E-state index contributed by atoms with van der Waals surface area (Å²) in [4.78, 5) is 30.7. The molecule has 5 heterocycles. The molecule has 3 aromatic rings. The van der Waals surface area contributed by atoms with Crippen molar-refractivity contribution in [1.82, 2.24) is 19.8 Å². The van der Waals surface area contributed by atoms with E-state index in [4.69, 9.17) is 31.0 Å². The third-order valence-electron chi connectivity index (χ3n) is 9.55. The van der Waals surface area contributed by atoms with Crippen molar-refractivity contribution in [2.75, 3.05) is 68.9 Å². The van der Waals surface area contributed by atoms with Crippen LogP contribution in [0.3, 0.4) is 0 Å². The number of likely N-dealkylation sites (tertiary alicyclic amines) is 1. The van der Waals surface area contributed by atoms with E-state index in [-0.39, 0.29) is 0 Å². The molecule has 0 radical (unpaired) electrons. The van der Waals surface area contributed by atoms with Crippen molar-refractivity contribution in [1.29, 1.82) is 0 Å². The smallest absolute Gasteiger partial charge is 0.318 e. The molecule has 1 atom stereocenters. The number of amides is 1. The van der Waals surface area contributed by atoms with Gasteiger partial charge in [0.1, 0.15) is 12.4 Å². The van der Waals surface area contributed by atoms with Gasteiger partial charge in [-0.1, -0.05) is 42.4 Å². The molecule has 4 aliphatic rings. The van der Waals surface area contributed by atoms with E-state index in [1.165, 1.54) is 4.90 Å². The second kappa shape index (κ2) is 12.5. The normalized spacial score (nSPS) is 21.2. The number of carbonyl (C=O) groups is 1. The molecule has 232 valence electrons. The minimum atomic E-state index is -0.923. The largest absolute Gasteiger partial charge is 0.462 e. The molecule has 7 rings (SSSR count). The van der Waals surface area contributed by atoms with Crippen molar-refractivity contribution in [3.8, 4) is 6.01 Å². The number of hydrogen-bond donors (Lipinski definition) is 0. The lowest BCUT2D eigenvalue weighted by Gasteiger charge is -2.47. The molecular formula is C33H38ClFN6O3. The van der Waals surface area contributed by atoms with E-state index in [0.717, 1.165) is 90.5 Å². The minimum absolute atomic E-state index is 0.346. The third kappa shape index (κ3) is 5.71. The van der Waals surface area contributed by atoms with Crippen molar-refractivity contribution in [3.63, 3.8) is 0 Å². The Morgan fingerprint density at radius 1 is 1.00 bits per heavy atom. The number of fused-ring (bicyclic) bond motifs is 2. The molecule has 1 aromatic heterocycles. The molecule has 3 saturated heterocycles. The van der Waals surface area contributed by atoms with E-state index >= 15 is 0 Å². The van der Waals surface area contributed by atoms with Gasteiger partial charge in [0.25, 0.3) is 5.91 Å². The van der Waals surface area contributed by atoms with Gasteiger partial charge in [-0.15, -0.1) is 0 Å². The number of benzene rings is 2. The van der Waals surface area contributed by atoms with Crippen molar-refractivity contribution in [2.24, 2.45) is 0 Å². The Kier molecular flexibility index (Phi) is 8.31. The molecule has 0 spiro atoms. The standard InChI is InChI=1S/C33H38ClFN6O3/c1-22(35)32(42)39-16-14-38(15-17-39)31-26-9-12-40(29-7-3-5-23-4-2-6-27(34)30(23)29)20-28(26)36-33(37-31)44-21-25-8-13-41(25)24-10-18-43-19-11-24/h2-7,24-25H,1,8-21H2. The Morgan fingerprint density at radius 2 is 1.77 bits per heavy atom. The number of halogens is 2. The first-order valence-corrected chi connectivity index (χ1v) is 16.0. The van der Waals surface area contributed by atoms with Crippen molar-refractivity contribution in [2.45, 2.75) is 44.3 Å². The first-order chi connectivity index (χ1) is 21.5. The molecule has 0 aliphatic carbocycles. The molecule has 1 amide bonds. The Balaban J connectivity index is 1.15. The van der Waals surface area contributed by atoms with Gasteiger partial charge < -0.3 is 24.2 Å². The minimum Gasteiger partial charge on any atom is -0.462 e. The fourth-order valence-corrected chi connectivity index (χ4v) is 7.34. The summed E-state index contributed by atoms with van der Waals surface area (Å²) in [6.07, 6.45) is 3.98. The van der Waals surface area contributed by atoms with Gasteiger partial charge in [0.2, 0.25) is 0 Å². The molecule has 0 saturated carbocycles. The lowest BCUT2D eigenvalue weighted by Crippen LogP contribution is -2.57. The van der Waals surface area contributed by atoms with E-state index in [2.05, 4.69) is 45.5 Å². The number of aromatic nitrogens is 2. The van der Waals surface area contributed by atoms with Crippen molar-refractivity contribution in [3.05, 3.63) is 65.1 Å². The molecule has 3 fully saturated rings. The molecule has 4 aliphatic heterocycles. The van der Waals surface area contributed by atoms with Crippen LogP contribution in [0.1, 0.15) is 30.5 Å². The molecule has 0 bridgehead atoms. The summed E-state index contributed by atoms with van der Waals surface area (Å²) in [5.74, 6) is -0.716. The molecule has 11 heteroatoms. The Labute approximate surface area is 262 Å². The van der Waals surface area contributed by atoms with E-state index < -0.39 is 11.7 Å². The molecule has 9 nitrogen and oxygen atoms in total. The maximum Gasteiger partial charge on any atom is 0.318 e. The molecule has 0 N–H and O–H groups in total. The highest BCUT2D eigenvalue weighted by atomic mass is 35.5. The number of carbonyl (C=O) groups excluding carboxylic acids is 1. The molecule has 2 aromatic carbocycles. The van der Waals surface area contributed by atoms with Crippen LogP contribution < -0.4 is 14.5 Å². The van der Waals surface area contributed by atoms with Crippen LogP contribution in [0.25, 0.3) is 10.8 Å². The van der Waals surface area contributed by atoms with E-state index in [0.29, 0.717) is 57.4 Å². The van der Waals surface area contributed by atoms with Crippen LogP contribution in [0.5, 0.6) is 6.01 Å². The number of ether oxygens (including phenoxy) is 2. The van der Waals surface area contributed by atoms with E-state index in [1.54, 1.807) is 0 Å². The summed E-state index contributed by atoms with van der Waals surface area (Å²) >= 11 is 6.70. The van der Waals surface area contributed by atoms with Gasteiger partial charge in [0.15, 0.2) is 5.83 Å². The van der Waals surface area contributed by atoms with Gasteiger partial charge in [-0.25, -0.2) is 4.39 Å². The first kappa shape index (κ1) is 29.3. The van der Waals surface area contributed by atoms with Crippen LogP contribution in [-0.2, 0) is 22.5 Å². The quantitative estimate of drug-likeness (QED) is 0.355. The monoisotopic (exact) mass is 620 g/mol. The second-order valence-corrected chi connectivity index (χ2v) is 12.5. The summed E-state index contributed by atoms with van der Waals surface area (Å²) in [5, 5.41) is 2.87. The van der Waals surface area contributed by atoms with Crippen molar-refractivity contribution < 1.29 is 18.7 Å². The van der Waals surface area contributed by atoms with Gasteiger partial charge in [-0.3, -0.25) is 9.69 Å². The Bertz CT molecular complexity index is 1550. The van der Waals surface area contributed by atoms with E-state index in [1.807, 2.05) is 12.1 Å². The molecular weight excluding hydrogens is 583 g/mol. The van der Waals surface area contributed by atoms with Gasteiger partial charge in [0.05, 0.1) is 17.3 Å². The highest BCUT2D eigenvalue weighted by molar-refractivity contribution is 6.36. The average Bonchev–Trinajstić information content (AvgIpc) is 3.04. The molecule has 44 heavy (non-hydrogen) atoms. The van der Waals surface area contributed by atoms with Crippen molar-refractivity contribution >= 4 is 39.8 Å². The van der Waals surface area contributed by atoms with Crippen LogP contribution >= 0.6 is 11.6 Å². The van der Waals surface area contributed by atoms with E-state index in [9.17, 15) is 9.18 Å². The number of rotatable bonds is 7. The van der Waals surface area contributed by atoms with Crippen LogP contribution in [0.15, 0.2) is 48.8 Å². The Hall–Kier alpha value is -3.47. The zero-order valence-electron chi connectivity index (χ0n) is 24.9. The van der Waals surface area contributed by atoms with Gasteiger partial charge in [-0.05, 0) is 43.2 Å². The van der Waals surface area contributed by atoms with Crippen LogP contribution in [-0.4, -0.2) is 96.8 Å². The van der Waals surface area contributed by atoms with Crippen LogP contribution in [0.2, 0.25) is 5.02 Å². The lowest BCUT2D eigenvalue weighted by atomic mass is 9.96. The van der Waals surface area contributed by atoms with Gasteiger partial charge in [-0.2, -0.15) is 9.97 Å². The summed E-state index contributed by atoms with van der Waals surface area (Å²) in [6.45, 7) is 9.74. The summed E-state index contributed by atoms with van der Waals surface area (Å²) < 4.78 is 25.5.